The Kier molecular flexibility index (Phi) is 4.29. The molecule has 0 N–H and O–H groups in total. The van der Waals surface area contributed by atoms with Crippen LogP contribution in [0.15, 0.2) is 11.7 Å². The van der Waals surface area contributed by atoms with Gasteiger partial charge in [-0.1, -0.05) is 15.9 Å². The highest BCUT2D eigenvalue weighted by molar-refractivity contribution is 9.09. The van der Waals surface area contributed by atoms with E-state index in [9.17, 15) is 13.2 Å². The van der Waals surface area contributed by atoms with Crippen LogP contribution < -0.4 is 4.90 Å². The minimum Gasteiger partial charge on any atom is -0.345 e. The van der Waals surface area contributed by atoms with Gasteiger partial charge in [0, 0.05) is 11.9 Å². The molecule has 0 amide bonds. The molecule has 0 radical (unpaired) electrons. The Hall–Kier alpha value is -0.890. The average Bonchev–Trinajstić information content (AvgIpc) is 2.69. The summed E-state index contributed by atoms with van der Waals surface area (Å²) in [4.78, 5) is 9.38. The van der Waals surface area contributed by atoms with Crippen molar-refractivity contribution < 1.29 is 13.2 Å². The van der Waals surface area contributed by atoms with Gasteiger partial charge in [0.05, 0.1) is 10.2 Å². The van der Waals surface area contributed by atoms with Crippen molar-refractivity contribution in [1.82, 2.24) is 9.97 Å². The predicted molar refractivity (Wildman–Crippen MR) is 74.2 cm³/mol. The molecule has 0 saturated heterocycles. The van der Waals surface area contributed by atoms with E-state index < -0.39 is 12.7 Å². The van der Waals surface area contributed by atoms with Crippen molar-refractivity contribution in [3.63, 3.8) is 0 Å². The Bertz CT molecular complexity index is 570. The van der Waals surface area contributed by atoms with Crippen LogP contribution in [0.1, 0.15) is 5.56 Å². The normalized spacial score (nSPS) is 12.1. The molecule has 0 aliphatic carbocycles. The summed E-state index contributed by atoms with van der Waals surface area (Å²) in [5.74, 6) is 0.347. The van der Waals surface area contributed by atoms with Crippen molar-refractivity contribution in [3.8, 4) is 0 Å². The van der Waals surface area contributed by atoms with E-state index in [-0.39, 0.29) is 6.54 Å². The van der Waals surface area contributed by atoms with Gasteiger partial charge >= 0.3 is 6.18 Å². The maximum Gasteiger partial charge on any atom is 0.405 e. The number of halogens is 4. The molecule has 2 aromatic heterocycles. The molecule has 0 bridgehead atoms. The second kappa shape index (κ2) is 5.62. The highest BCUT2D eigenvalue weighted by Gasteiger charge is 2.32. The first-order valence-electron chi connectivity index (χ1n) is 5.49. The lowest BCUT2D eigenvalue weighted by molar-refractivity contribution is -0.119. The summed E-state index contributed by atoms with van der Waals surface area (Å²) < 4.78 is 38.6. The highest BCUT2D eigenvalue weighted by atomic mass is 79.9. The molecular formula is C11H11BrF3N3S. The SMILES string of the molecule is Cc1csc2c(N(CCBr)CC(F)(F)F)ncnc12. The molecule has 0 aliphatic rings. The lowest BCUT2D eigenvalue weighted by Crippen LogP contribution is -2.36. The third-order valence-corrected chi connectivity index (χ3v) is 3.97. The molecule has 0 unspecified atom stereocenters. The molecule has 0 saturated carbocycles. The summed E-state index contributed by atoms with van der Waals surface area (Å²) in [6.45, 7) is 1.11. The monoisotopic (exact) mass is 353 g/mol. The first-order valence-corrected chi connectivity index (χ1v) is 7.49. The van der Waals surface area contributed by atoms with Gasteiger partial charge in [0.25, 0.3) is 0 Å². The standard InChI is InChI=1S/C11H11BrF3N3S/c1-7-4-19-9-8(7)16-6-17-10(9)18(3-2-12)5-11(13,14)15/h4,6H,2-3,5H2,1H3. The van der Waals surface area contributed by atoms with Crippen LogP contribution >= 0.6 is 27.3 Å². The third kappa shape index (κ3) is 3.36. The van der Waals surface area contributed by atoms with E-state index in [1.54, 1.807) is 0 Å². The fourth-order valence-electron chi connectivity index (χ4n) is 1.76. The van der Waals surface area contributed by atoms with Crippen LogP contribution in [-0.4, -0.2) is 34.6 Å². The number of aromatic nitrogens is 2. The van der Waals surface area contributed by atoms with Crippen LogP contribution in [0.3, 0.4) is 0 Å². The van der Waals surface area contributed by atoms with Crippen molar-refractivity contribution in [2.45, 2.75) is 13.1 Å². The molecule has 0 atom stereocenters. The van der Waals surface area contributed by atoms with Crippen molar-refractivity contribution in [2.75, 3.05) is 23.3 Å². The second-order valence-corrected chi connectivity index (χ2v) is 5.69. The summed E-state index contributed by atoms with van der Waals surface area (Å²) >= 11 is 4.55. The van der Waals surface area contributed by atoms with E-state index >= 15 is 0 Å². The van der Waals surface area contributed by atoms with E-state index in [0.29, 0.717) is 15.8 Å². The van der Waals surface area contributed by atoms with Crippen molar-refractivity contribution >= 4 is 43.3 Å². The first-order chi connectivity index (χ1) is 8.92. The highest BCUT2D eigenvalue weighted by Crippen LogP contribution is 2.32. The van der Waals surface area contributed by atoms with E-state index in [1.807, 2.05) is 12.3 Å². The number of anilines is 1. The van der Waals surface area contributed by atoms with Gasteiger partial charge in [0.15, 0.2) is 0 Å². The molecule has 2 rings (SSSR count). The zero-order chi connectivity index (χ0) is 14.0. The molecule has 0 fully saturated rings. The minimum absolute atomic E-state index is 0.239. The van der Waals surface area contributed by atoms with Crippen LogP contribution in [-0.2, 0) is 0 Å². The van der Waals surface area contributed by atoms with Gasteiger partial charge in [-0.2, -0.15) is 13.2 Å². The number of alkyl halides is 4. The summed E-state index contributed by atoms with van der Waals surface area (Å²) in [5.41, 5.74) is 1.67. The number of thiophene rings is 1. The summed E-state index contributed by atoms with van der Waals surface area (Å²) in [6.07, 6.45) is -2.94. The summed E-state index contributed by atoms with van der Waals surface area (Å²) in [7, 11) is 0. The fraction of sp³-hybridized carbons (Fsp3) is 0.455. The van der Waals surface area contributed by atoms with E-state index in [4.69, 9.17) is 0 Å². The number of fused-ring (bicyclic) bond motifs is 1. The maximum absolute atomic E-state index is 12.6. The molecule has 2 aromatic rings. The number of aryl methyl sites for hydroxylation is 1. The molecule has 3 nitrogen and oxygen atoms in total. The van der Waals surface area contributed by atoms with Crippen molar-refractivity contribution in [2.24, 2.45) is 0 Å². The second-order valence-electron chi connectivity index (χ2n) is 4.02. The third-order valence-electron chi connectivity index (χ3n) is 2.54. The molecule has 2 heterocycles. The number of hydrogen-bond donors (Lipinski definition) is 0. The van der Waals surface area contributed by atoms with E-state index in [2.05, 4.69) is 25.9 Å². The van der Waals surface area contributed by atoms with Gasteiger partial charge in [-0.3, -0.25) is 0 Å². The average molecular weight is 354 g/mol. The Balaban J connectivity index is 2.44. The molecular weight excluding hydrogens is 343 g/mol. The summed E-state index contributed by atoms with van der Waals surface area (Å²) in [6, 6.07) is 0. The van der Waals surface area contributed by atoms with Gasteiger partial charge < -0.3 is 4.90 Å². The number of nitrogens with zero attached hydrogens (tertiary/aromatic N) is 3. The Morgan fingerprint density at radius 2 is 2.11 bits per heavy atom. The molecule has 104 valence electrons. The van der Waals surface area contributed by atoms with Crippen LogP contribution in [0.4, 0.5) is 19.0 Å². The smallest absolute Gasteiger partial charge is 0.345 e. The topological polar surface area (TPSA) is 29.0 Å². The zero-order valence-corrected chi connectivity index (χ0v) is 12.4. The summed E-state index contributed by atoms with van der Waals surface area (Å²) in [5, 5.41) is 2.32. The van der Waals surface area contributed by atoms with Crippen LogP contribution in [0, 0.1) is 6.92 Å². The molecule has 0 aromatic carbocycles. The Morgan fingerprint density at radius 3 is 2.74 bits per heavy atom. The predicted octanol–water partition coefficient (Wildman–Crippen LogP) is 3.76. The molecule has 19 heavy (non-hydrogen) atoms. The fourth-order valence-corrected chi connectivity index (χ4v) is 3.21. The quantitative estimate of drug-likeness (QED) is 0.783. The van der Waals surface area contributed by atoms with Crippen LogP contribution in [0.5, 0.6) is 0 Å². The minimum atomic E-state index is -4.26. The Morgan fingerprint density at radius 1 is 1.37 bits per heavy atom. The van der Waals surface area contributed by atoms with E-state index in [1.165, 1.54) is 22.6 Å². The maximum atomic E-state index is 12.6. The van der Waals surface area contributed by atoms with Gasteiger partial charge in [-0.05, 0) is 17.9 Å². The largest absolute Gasteiger partial charge is 0.405 e. The first kappa shape index (κ1) is 14.5. The zero-order valence-electron chi connectivity index (χ0n) is 10.0. The molecule has 0 aliphatic heterocycles. The van der Waals surface area contributed by atoms with Gasteiger partial charge in [0.1, 0.15) is 18.7 Å². The van der Waals surface area contributed by atoms with Gasteiger partial charge in [0.2, 0.25) is 0 Å². The molecule has 0 spiro atoms. The van der Waals surface area contributed by atoms with E-state index in [0.717, 1.165) is 11.1 Å². The number of hydrogen-bond acceptors (Lipinski definition) is 4. The number of rotatable bonds is 4. The van der Waals surface area contributed by atoms with Gasteiger partial charge in [-0.25, -0.2) is 9.97 Å². The van der Waals surface area contributed by atoms with Crippen LogP contribution in [0.2, 0.25) is 0 Å². The Labute approximate surface area is 120 Å². The molecule has 8 heteroatoms. The van der Waals surface area contributed by atoms with Crippen molar-refractivity contribution in [1.29, 1.82) is 0 Å². The van der Waals surface area contributed by atoms with Gasteiger partial charge in [-0.15, -0.1) is 11.3 Å². The lowest BCUT2D eigenvalue weighted by Gasteiger charge is -2.24. The van der Waals surface area contributed by atoms with Crippen LogP contribution in [0.25, 0.3) is 10.2 Å². The lowest BCUT2D eigenvalue weighted by atomic mass is 10.3. The van der Waals surface area contributed by atoms with Crippen molar-refractivity contribution in [3.05, 3.63) is 17.3 Å².